The van der Waals surface area contributed by atoms with E-state index < -0.39 is 0 Å². The molecule has 0 spiro atoms. The highest BCUT2D eigenvalue weighted by atomic mass is 16.5. The van der Waals surface area contributed by atoms with Gasteiger partial charge in [0, 0.05) is 60.8 Å². The molecule has 0 amide bonds. The first-order valence-electron chi connectivity index (χ1n) is 11.0. The molecule has 2 aromatic heterocycles. The molecule has 1 saturated heterocycles. The summed E-state index contributed by atoms with van der Waals surface area (Å²) in [7, 11) is 0. The number of oxime groups is 1. The Bertz CT molecular complexity index is 1280. The number of anilines is 1. The van der Waals surface area contributed by atoms with Gasteiger partial charge in [0.15, 0.2) is 11.6 Å². The molecule has 0 bridgehead atoms. The smallest absolute Gasteiger partial charge is 0.220 e. The summed E-state index contributed by atoms with van der Waals surface area (Å²) in [5.41, 5.74) is 3.67. The molecule has 0 saturated carbocycles. The van der Waals surface area contributed by atoms with Crippen molar-refractivity contribution >= 4 is 22.4 Å². The number of pyridine rings is 2. The van der Waals surface area contributed by atoms with Crippen molar-refractivity contribution in [2.45, 2.75) is 6.92 Å². The normalized spacial score (nSPS) is 14.5. The number of piperazine rings is 1. The second-order valence-corrected chi connectivity index (χ2v) is 8.00. The maximum absolute atomic E-state index is 9.83. The number of amidine groups is 1. The van der Waals surface area contributed by atoms with E-state index in [-0.39, 0.29) is 0 Å². The van der Waals surface area contributed by atoms with Crippen molar-refractivity contribution < 1.29 is 9.94 Å². The SMILES string of the molecule is Cc1ccc2cccc(Oc3cc(/C(=N/O)N4CCN(c5ccccc5)CC4)ccn3)c2n1. The zero-order valence-electron chi connectivity index (χ0n) is 18.4. The Kier molecular flexibility index (Phi) is 5.76. The van der Waals surface area contributed by atoms with Crippen LogP contribution in [0.4, 0.5) is 5.69 Å². The fourth-order valence-electron chi connectivity index (χ4n) is 4.14. The minimum absolute atomic E-state index is 0.423. The maximum atomic E-state index is 9.83. The lowest BCUT2D eigenvalue weighted by atomic mass is 10.2. The first-order chi connectivity index (χ1) is 16.2. The van der Waals surface area contributed by atoms with Gasteiger partial charge < -0.3 is 19.7 Å². The Hall–Kier alpha value is -4.13. The number of nitrogens with zero attached hydrogens (tertiary/aromatic N) is 5. The van der Waals surface area contributed by atoms with Crippen molar-refractivity contribution in [3.8, 4) is 11.6 Å². The Morgan fingerprint density at radius 1 is 0.939 bits per heavy atom. The van der Waals surface area contributed by atoms with Gasteiger partial charge >= 0.3 is 0 Å². The number of hydrogen-bond acceptors (Lipinski definition) is 6. The molecule has 1 N–H and O–H groups in total. The molecule has 7 nitrogen and oxygen atoms in total. The van der Waals surface area contributed by atoms with Gasteiger partial charge in [-0.15, -0.1) is 0 Å². The van der Waals surface area contributed by atoms with E-state index in [2.05, 4.69) is 37.1 Å². The van der Waals surface area contributed by atoms with Gasteiger partial charge in [-0.3, -0.25) is 0 Å². The molecule has 3 heterocycles. The zero-order valence-corrected chi connectivity index (χ0v) is 18.4. The molecule has 0 aliphatic carbocycles. The van der Waals surface area contributed by atoms with E-state index in [0.29, 0.717) is 17.5 Å². The second kappa shape index (κ2) is 9.16. The molecule has 5 rings (SSSR count). The standard InChI is InChI=1S/C26H25N5O2/c1-19-10-11-20-6-5-9-23(25(20)28-19)33-24-18-21(12-13-27-24)26(29-32)31-16-14-30(15-17-31)22-7-3-2-4-8-22/h2-13,18,32H,14-17H2,1H3/b29-26-. The van der Waals surface area contributed by atoms with E-state index >= 15 is 0 Å². The van der Waals surface area contributed by atoms with Gasteiger partial charge in [-0.05, 0) is 37.3 Å². The molecular formula is C26H25N5O2. The molecule has 0 radical (unpaired) electrons. The Balaban J connectivity index is 1.34. The number of rotatable bonds is 4. The summed E-state index contributed by atoms with van der Waals surface area (Å²) in [5.74, 6) is 1.58. The van der Waals surface area contributed by atoms with Crippen LogP contribution in [0.1, 0.15) is 11.3 Å². The summed E-state index contributed by atoms with van der Waals surface area (Å²) in [6.45, 7) is 5.15. The lowest BCUT2D eigenvalue weighted by molar-refractivity contribution is 0.296. The number of para-hydroxylation sites is 2. The molecule has 0 atom stereocenters. The van der Waals surface area contributed by atoms with Gasteiger partial charge in [-0.2, -0.15) is 0 Å². The summed E-state index contributed by atoms with van der Waals surface area (Å²) >= 11 is 0. The average Bonchev–Trinajstić information content (AvgIpc) is 2.86. The predicted octanol–water partition coefficient (Wildman–Crippen LogP) is 4.69. The molecular weight excluding hydrogens is 414 g/mol. The highest BCUT2D eigenvalue weighted by molar-refractivity contribution is 5.98. The topological polar surface area (TPSA) is 74.1 Å². The molecule has 1 fully saturated rings. The highest BCUT2D eigenvalue weighted by Crippen LogP contribution is 2.28. The van der Waals surface area contributed by atoms with Gasteiger partial charge in [-0.1, -0.05) is 41.6 Å². The van der Waals surface area contributed by atoms with Crippen LogP contribution in [0.3, 0.4) is 0 Å². The third-order valence-corrected chi connectivity index (χ3v) is 5.83. The van der Waals surface area contributed by atoms with Crippen LogP contribution >= 0.6 is 0 Å². The molecule has 166 valence electrons. The number of aromatic nitrogens is 2. The van der Waals surface area contributed by atoms with Crippen molar-refractivity contribution in [2.24, 2.45) is 5.16 Å². The van der Waals surface area contributed by atoms with E-state index in [1.165, 1.54) is 5.69 Å². The van der Waals surface area contributed by atoms with E-state index in [1.807, 2.05) is 61.5 Å². The molecule has 7 heteroatoms. The first-order valence-corrected chi connectivity index (χ1v) is 11.0. The van der Waals surface area contributed by atoms with E-state index in [1.54, 1.807) is 12.3 Å². The zero-order chi connectivity index (χ0) is 22.6. The average molecular weight is 440 g/mol. The van der Waals surface area contributed by atoms with Crippen LogP contribution in [0.2, 0.25) is 0 Å². The van der Waals surface area contributed by atoms with Gasteiger partial charge in [0.2, 0.25) is 5.88 Å². The van der Waals surface area contributed by atoms with Gasteiger partial charge in [0.1, 0.15) is 5.52 Å². The third-order valence-electron chi connectivity index (χ3n) is 5.83. The molecule has 1 aliphatic rings. The number of fused-ring (bicyclic) bond motifs is 1. The number of aryl methyl sites for hydroxylation is 1. The molecule has 2 aromatic carbocycles. The van der Waals surface area contributed by atoms with Crippen molar-refractivity contribution in [3.05, 3.63) is 90.3 Å². The second-order valence-electron chi connectivity index (χ2n) is 8.00. The van der Waals surface area contributed by atoms with Crippen LogP contribution in [0, 0.1) is 6.92 Å². The Labute approximate surface area is 192 Å². The lowest BCUT2D eigenvalue weighted by Crippen LogP contribution is -2.49. The summed E-state index contributed by atoms with van der Waals surface area (Å²) in [6, 6.07) is 23.8. The number of ether oxygens (including phenoxy) is 1. The maximum Gasteiger partial charge on any atom is 0.220 e. The van der Waals surface area contributed by atoms with Gasteiger partial charge in [0.05, 0.1) is 0 Å². The minimum Gasteiger partial charge on any atom is -0.437 e. The van der Waals surface area contributed by atoms with E-state index in [0.717, 1.165) is 48.3 Å². The van der Waals surface area contributed by atoms with E-state index in [4.69, 9.17) is 4.74 Å². The Morgan fingerprint density at radius 3 is 2.55 bits per heavy atom. The number of hydrogen-bond donors (Lipinski definition) is 1. The summed E-state index contributed by atoms with van der Waals surface area (Å²) in [4.78, 5) is 13.4. The van der Waals surface area contributed by atoms with Crippen LogP contribution in [0.5, 0.6) is 11.6 Å². The third kappa shape index (κ3) is 4.43. The van der Waals surface area contributed by atoms with Crippen molar-refractivity contribution in [2.75, 3.05) is 31.1 Å². The summed E-state index contributed by atoms with van der Waals surface area (Å²) in [6.07, 6.45) is 1.67. The first kappa shape index (κ1) is 20.8. The summed E-state index contributed by atoms with van der Waals surface area (Å²) < 4.78 is 6.11. The molecule has 0 unspecified atom stereocenters. The van der Waals surface area contributed by atoms with Crippen LogP contribution in [0.15, 0.2) is 84.1 Å². The molecule has 4 aromatic rings. The van der Waals surface area contributed by atoms with Crippen LogP contribution in [0.25, 0.3) is 10.9 Å². The fraction of sp³-hybridized carbons (Fsp3) is 0.192. The molecule has 1 aliphatic heterocycles. The van der Waals surface area contributed by atoms with Crippen molar-refractivity contribution in [1.29, 1.82) is 0 Å². The monoisotopic (exact) mass is 439 g/mol. The minimum atomic E-state index is 0.423. The van der Waals surface area contributed by atoms with Gasteiger partial charge in [-0.25, -0.2) is 9.97 Å². The van der Waals surface area contributed by atoms with Gasteiger partial charge in [0.25, 0.3) is 0 Å². The predicted molar refractivity (Wildman–Crippen MR) is 129 cm³/mol. The highest BCUT2D eigenvalue weighted by Gasteiger charge is 2.22. The lowest BCUT2D eigenvalue weighted by Gasteiger charge is -2.37. The van der Waals surface area contributed by atoms with Crippen molar-refractivity contribution in [3.63, 3.8) is 0 Å². The van der Waals surface area contributed by atoms with Crippen LogP contribution in [-0.2, 0) is 0 Å². The van der Waals surface area contributed by atoms with Crippen LogP contribution in [-0.4, -0.2) is 52.1 Å². The largest absolute Gasteiger partial charge is 0.437 e. The molecule has 33 heavy (non-hydrogen) atoms. The van der Waals surface area contributed by atoms with Crippen LogP contribution < -0.4 is 9.64 Å². The fourth-order valence-corrected chi connectivity index (χ4v) is 4.14. The Morgan fingerprint density at radius 2 is 1.76 bits per heavy atom. The quantitative estimate of drug-likeness (QED) is 0.215. The number of benzene rings is 2. The van der Waals surface area contributed by atoms with Crippen molar-refractivity contribution in [1.82, 2.24) is 14.9 Å². The van der Waals surface area contributed by atoms with E-state index in [9.17, 15) is 5.21 Å². The summed E-state index contributed by atoms with van der Waals surface area (Å²) in [5, 5.41) is 14.4.